The standard InChI is InChI=1S/C9H17N3S/c1-5-7-8(6-10-2)13-9(11-7)12(3)4/h10H,5-6H2,1-4H3. The van der Waals surface area contributed by atoms with Crippen molar-refractivity contribution in [1.29, 1.82) is 0 Å². The number of nitrogens with zero attached hydrogens (tertiary/aromatic N) is 2. The van der Waals surface area contributed by atoms with Gasteiger partial charge in [-0.05, 0) is 13.5 Å². The molecule has 1 N–H and O–H groups in total. The topological polar surface area (TPSA) is 28.2 Å². The third-order valence-corrected chi connectivity index (χ3v) is 3.09. The van der Waals surface area contributed by atoms with Crippen LogP contribution in [-0.2, 0) is 13.0 Å². The van der Waals surface area contributed by atoms with Gasteiger partial charge in [0.15, 0.2) is 5.13 Å². The van der Waals surface area contributed by atoms with Crippen molar-refractivity contribution < 1.29 is 0 Å². The first-order chi connectivity index (χ1) is 6.19. The molecule has 0 aliphatic carbocycles. The molecule has 0 saturated heterocycles. The average molecular weight is 199 g/mol. The zero-order chi connectivity index (χ0) is 9.84. The van der Waals surface area contributed by atoms with E-state index in [1.54, 1.807) is 11.3 Å². The van der Waals surface area contributed by atoms with Crippen LogP contribution in [0.25, 0.3) is 0 Å². The number of nitrogens with one attached hydrogen (secondary N) is 1. The molecule has 4 heteroatoms. The van der Waals surface area contributed by atoms with E-state index in [-0.39, 0.29) is 0 Å². The fourth-order valence-corrected chi connectivity index (χ4v) is 2.22. The van der Waals surface area contributed by atoms with E-state index in [1.165, 1.54) is 10.6 Å². The van der Waals surface area contributed by atoms with Crippen LogP contribution in [0.1, 0.15) is 17.5 Å². The van der Waals surface area contributed by atoms with Crippen LogP contribution < -0.4 is 10.2 Å². The largest absolute Gasteiger partial charge is 0.354 e. The minimum atomic E-state index is 0.925. The van der Waals surface area contributed by atoms with Gasteiger partial charge in [-0.3, -0.25) is 0 Å². The van der Waals surface area contributed by atoms with Crippen LogP contribution >= 0.6 is 11.3 Å². The maximum absolute atomic E-state index is 4.55. The molecular formula is C9H17N3S. The van der Waals surface area contributed by atoms with Crippen LogP contribution in [0, 0.1) is 0 Å². The van der Waals surface area contributed by atoms with Gasteiger partial charge in [-0.1, -0.05) is 6.92 Å². The molecule has 0 spiro atoms. The summed E-state index contributed by atoms with van der Waals surface area (Å²) in [5, 5.41) is 4.26. The maximum atomic E-state index is 4.55. The summed E-state index contributed by atoms with van der Waals surface area (Å²) in [6.07, 6.45) is 1.02. The number of hydrogen-bond donors (Lipinski definition) is 1. The summed E-state index contributed by atoms with van der Waals surface area (Å²) < 4.78 is 0. The highest BCUT2D eigenvalue weighted by Crippen LogP contribution is 2.24. The summed E-state index contributed by atoms with van der Waals surface area (Å²) in [5.41, 5.74) is 1.23. The van der Waals surface area contributed by atoms with E-state index in [4.69, 9.17) is 0 Å². The Hall–Kier alpha value is -0.610. The quantitative estimate of drug-likeness (QED) is 0.796. The molecule has 0 radical (unpaired) electrons. The molecule has 1 heterocycles. The van der Waals surface area contributed by atoms with E-state index in [2.05, 4.69) is 22.1 Å². The molecule has 3 nitrogen and oxygen atoms in total. The molecule has 0 aromatic carbocycles. The van der Waals surface area contributed by atoms with E-state index < -0.39 is 0 Å². The van der Waals surface area contributed by atoms with E-state index >= 15 is 0 Å². The molecule has 1 aromatic heterocycles. The zero-order valence-electron chi connectivity index (χ0n) is 8.72. The Balaban J connectivity index is 2.90. The Morgan fingerprint density at radius 3 is 2.62 bits per heavy atom. The van der Waals surface area contributed by atoms with Gasteiger partial charge in [0.1, 0.15) is 0 Å². The second-order valence-corrected chi connectivity index (χ2v) is 4.21. The molecular weight excluding hydrogens is 182 g/mol. The Kier molecular flexibility index (Phi) is 3.69. The van der Waals surface area contributed by atoms with Crippen LogP contribution in [0.2, 0.25) is 0 Å². The summed E-state index contributed by atoms with van der Waals surface area (Å²) >= 11 is 1.77. The second kappa shape index (κ2) is 4.58. The Morgan fingerprint density at radius 2 is 2.15 bits per heavy atom. The van der Waals surface area contributed by atoms with Crippen molar-refractivity contribution in [2.45, 2.75) is 19.9 Å². The highest BCUT2D eigenvalue weighted by molar-refractivity contribution is 7.15. The number of rotatable bonds is 4. The number of thiazole rings is 1. The molecule has 0 aliphatic heterocycles. The molecule has 0 unspecified atom stereocenters. The SMILES string of the molecule is CCc1nc(N(C)C)sc1CNC. The lowest BCUT2D eigenvalue weighted by Gasteiger charge is -2.05. The van der Waals surface area contributed by atoms with Crippen LogP contribution in [0.3, 0.4) is 0 Å². The molecule has 0 saturated carbocycles. The second-order valence-electron chi connectivity index (χ2n) is 3.14. The molecule has 0 amide bonds. The van der Waals surface area contributed by atoms with Gasteiger partial charge in [-0.15, -0.1) is 11.3 Å². The number of hydrogen-bond acceptors (Lipinski definition) is 4. The molecule has 1 rings (SSSR count). The van der Waals surface area contributed by atoms with Crippen molar-refractivity contribution in [2.24, 2.45) is 0 Å². The molecule has 74 valence electrons. The van der Waals surface area contributed by atoms with E-state index in [9.17, 15) is 0 Å². The van der Waals surface area contributed by atoms with Gasteiger partial charge < -0.3 is 10.2 Å². The van der Waals surface area contributed by atoms with Gasteiger partial charge in [0, 0.05) is 25.5 Å². The van der Waals surface area contributed by atoms with Gasteiger partial charge in [-0.2, -0.15) is 0 Å². The molecule has 0 fully saturated rings. The first kappa shape index (κ1) is 10.5. The van der Waals surface area contributed by atoms with E-state index in [0.717, 1.165) is 18.1 Å². The van der Waals surface area contributed by atoms with Crippen LogP contribution in [0.4, 0.5) is 5.13 Å². The lowest BCUT2D eigenvalue weighted by molar-refractivity contribution is 0.814. The van der Waals surface area contributed by atoms with Crippen molar-refractivity contribution >= 4 is 16.5 Å². The molecule has 1 aromatic rings. The third-order valence-electron chi connectivity index (χ3n) is 1.82. The minimum absolute atomic E-state index is 0.925. The number of aryl methyl sites for hydroxylation is 1. The highest BCUT2D eigenvalue weighted by atomic mass is 32.1. The molecule has 13 heavy (non-hydrogen) atoms. The normalized spacial score (nSPS) is 10.5. The van der Waals surface area contributed by atoms with Gasteiger partial charge in [0.25, 0.3) is 0 Å². The van der Waals surface area contributed by atoms with Crippen molar-refractivity contribution in [2.75, 3.05) is 26.0 Å². The number of aromatic nitrogens is 1. The summed E-state index contributed by atoms with van der Waals surface area (Å²) in [4.78, 5) is 7.97. The Morgan fingerprint density at radius 1 is 1.46 bits per heavy atom. The van der Waals surface area contributed by atoms with Gasteiger partial charge in [0.05, 0.1) is 5.69 Å². The summed E-state index contributed by atoms with van der Waals surface area (Å²) in [6.45, 7) is 3.07. The van der Waals surface area contributed by atoms with Crippen molar-refractivity contribution in [1.82, 2.24) is 10.3 Å². The zero-order valence-corrected chi connectivity index (χ0v) is 9.53. The number of anilines is 1. The summed E-state index contributed by atoms with van der Waals surface area (Å²) in [6, 6.07) is 0. The fourth-order valence-electron chi connectivity index (χ4n) is 1.14. The predicted molar refractivity (Wildman–Crippen MR) is 58.6 cm³/mol. The van der Waals surface area contributed by atoms with Crippen molar-refractivity contribution in [3.63, 3.8) is 0 Å². The lowest BCUT2D eigenvalue weighted by Crippen LogP contribution is -2.07. The predicted octanol–water partition coefficient (Wildman–Crippen LogP) is 1.49. The molecule has 0 atom stereocenters. The Bertz CT molecular complexity index is 268. The van der Waals surface area contributed by atoms with E-state index in [0.29, 0.717) is 0 Å². The summed E-state index contributed by atoms with van der Waals surface area (Å²) in [7, 11) is 6.03. The Labute approximate surface area is 83.8 Å². The van der Waals surface area contributed by atoms with Crippen molar-refractivity contribution in [3.05, 3.63) is 10.6 Å². The fraction of sp³-hybridized carbons (Fsp3) is 0.667. The van der Waals surface area contributed by atoms with Crippen LogP contribution in [0.15, 0.2) is 0 Å². The third kappa shape index (κ3) is 2.42. The van der Waals surface area contributed by atoms with Crippen LogP contribution in [0.5, 0.6) is 0 Å². The lowest BCUT2D eigenvalue weighted by atomic mass is 10.3. The smallest absolute Gasteiger partial charge is 0.185 e. The average Bonchev–Trinajstić information content (AvgIpc) is 2.48. The highest BCUT2D eigenvalue weighted by Gasteiger charge is 2.09. The summed E-state index contributed by atoms with van der Waals surface area (Å²) in [5.74, 6) is 0. The van der Waals surface area contributed by atoms with Crippen molar-refractivity contribution in [3.8, 4) is 0 Å². The minimum Gasteiger partial charge on any atom is -0.354 e. The molecule has 0 bridgehead atoms. The molecule has 0 aliphatic rings. The van der Waals surface area contributed by atoms with E-state index in [1.807, 2.05) is 21.1 Å². The first-order valence-corrected chi connectivity index (χ1v) is 5.31. The monoisotopic (exact) mass is 199 g/mol. The maximum Gasteiger partial charge on any atom is 0.185 e. The van der Waals surface area contributed by atoms with Crippen LogP contribution in [-0.4, -0.2) is 26.1 Å². The van der Waals surface area contributed by atoms with Gasteiger partial charge in [-0.25, -0.2) is 4.98 Å². The van der Waals surface area contributed by atoms with Gasteiger partial charge >= 0.3 is 0 Å². The first-order valence-electron chi connectivity index (χ1n) is 4.49. The van der Waals surface area contributed by atoms with Gasteiger partial charge in [0.2, 0.25) is 0 Å².